The lowest BCUT2D eigenvalue weighted by Crippen LogP contribution is -2.11. The van der Waals surface area contributed by atoms with Gasteiger partial charge in [-0.3, -0.25) is 8.98 Å². The van der Waals surface area contributed by atoms with Gasteiger partial charge in [-0.1, -0.05) is 12.8 Å². The molecule has 0 aromatic rings. The Labute approximate surface area is 151 Å². The Morgan fingerprint density at radius 1 is 0.720 bits per heavy atom. The number of hydrogen-bond donors (Lipinski definition) is 0. The highest BCUT2D eigenvalue weighted by Crippen LogP contribution is 2.01. The summed E-state index contributed by atoms with van der Waals surface area (Å²) in [4.78, 5) is 10.9. The fourth-order valence-corrected chi connectivity index (χ4v) is 2.25. The van der Waals surface area contributed by atoms with E-state index in [4.69, 9.17) is 14.2 Å². The van der Waals surface area contributed by atoms with Crippen molar-refractivity contribution in [1.82, 2.24) is 0 Å². The van der Waals surface area contributed by atoms with Gasteiger partial charge in [-0.15, -0.1) is 0 Å². The van der Waals surface area contributed by atoms with Crippen molar-refractivity contribution in [3.05, 3.63) is 0 Å². The molecule has 0 aliphatic heterocycles. The first kappa shape index (κ1) is 24.3. The highest BCUT2D eigenvalue weighted by molar-refractivity contribution is 7.85. The number of unbranched alkanes of at least 4 members (excludes halogenated alkanes) is 3. The van der Waals surface area contributed by atoms with Gasteiger partial charge in [0, 0.05) is 19.6 Å². The predicted octanol–water partition coefficient (Wildman–Crippen LogP) is 1.53. The fourth-order valence-electron chi connectivity index (χ4n) is 1.83. The molecular weight excluding hydrogens is 352 g/mol. The number of rotatable bonds is 18. The third kappa shape index (κ3) is 21.2. The highest BCUT2D eigenvalue weighted by atomic mass is 32.2. The molecule has 0 aliphatic carbocycles. The molecule has 0 aromatic heterocycles. The molecule has 0 heterocycles. The van der Waals surface area contributed by atoms with Crippen LogP contribution in [0, 0.1) is 0 Å². The van der Waals surface area contributed by atoms with Gasteiger partial charge in [0.25, 0.3) is 10.1 Å². The lowest BCUT2D eigenvalue weighted by molar-refractivity contribution is -0.141. The van der Waals surface area contributed by atoms with Crippen LogP contribution in [0.3, 0.4) is 0 Å². The average molecular weight is 384 g/mol. The summed E-state index contributed by atoms with van der Waals surface area (Å²) in [6.07, 6.45) is 5.64. The van der Waals surface area contributed by atoms with Gasteiger partial charge >= 0.3 is 5.97 Å². The molecule has 0 amide bonds. The van der Waals surface area contributed by atoms with Crippen LogP contribution in [0.2, 0.25) is 0 Å². The molecule has 0 saturated carbocycles. The molecule has 8 nitrogen and oxygen atoms in total. The molecule has 9 heteroatoms. The molecule has 25 heavy (non-hydrogen) atoms. The first-order chi connectivity index (χ1) is 12.0. The molecule has 0 bridgehead atoms. The smallest absolute Gasteiger partial charge is 0.305 e. The number of methoxy groups -OCH3 is 1. The van der Waals surface area contributed by atoms with Crippen LogP contribution in [-0.4, -0.2) is 74.0 Å². The molecule has 0 aromatic carbocycles. The minimum atomic E-state index is -3.31. The van der Waals surface area contributed by atoms with Crippen molar-refractivity contribution in [1.29, 1.82) is 0 Å². The van der Waals surface area contributed by atoms with Crippen molar-refractivity contribution in [2.75, 3.05) is 59.6 Å². The van der Waals surface area contributed by atoms with E-state index in [0.29, 0.717) is 52.5 Å². The zero-order chi connectivity index (χ0) is 18.8. The van der Waals surface area contributed by atoms with E-state index in [2.05, 4.69) is 8.92 Å². The Bertz CT molecular complexity index is 410. The maximum Gasteiger partial charge on any atom is 0.305 e. The number of carbonyl (C=O) groups excluding carboxylic acids is 1. The summed E-state index contributed by atoms with van der Waals surface area (Å²) in [6, 6.07) is 0. The summed E-state index contributed by atoms with van der Waals surface area (Å²) in [5.41, 5.74) is 0. The van der Waals surface area contributed by atoms with Crippen molar-refractivity contribution in [2.45, 2.75) is 38.5 Å². The predicted molar refractivity (Wildman–Crippen MR) is 93.0 cm³/mol. The summed E-state index contributed by atoms with van der Waals surface area (Å²) >= 11 is 0. The van der Waals surface area contributed by atoms with Crippen LogP contribution in [0.4, 0.5) is 0 Å². The number of carbonyl (C=O) groups is 1. The van der Waals surface area contributed by atoms with Gasteiger partial charge in [0.1, 0.15) is 0 Å². The van der Waals surface area contributed by atoms with Crippen LogP contribution < -0.4 is 0 Å². The lowest BCUT2D eigenvalue weighted by Gasteiger charge is -2.07. The van der Waals surface area contributed by atoms with Crippen molar-refractivity contribution in [3.63, 3.8) is 0 Å². The van der Waals surface area contributed by atoms with Crippen molar-refractivity contribution in [3.8, 4) is 0 Å². The summed E-state index contributed by atoms with van der Waals surface area (Å²) < 4.78 is 46.8. The normalized spacial score (nSPS) is 11.6. The van der Waals surface area contributed by atoms with Gasteiger partial charge in [0.05, 0.1) is 46.4 Å². The van der Waals surface area contributed by atoms with Gasteiger partial charge in [0.15, 0.2) is 0 Å². The van der Waals surface area contributed by atoms with Crippen molar-refractivity contribution in [2.24, 2.45) is 0 Å². The van der Waals surface area contributed by atoms with Gasteiger partial charge in [0.2, 0.25) is 0 Å². The van der Waals surface area contributed by atoms with Crippen LogP contribution in [-0.2, 0) is 38.0 Å². The van der Waals surface area contributed by atoms with Crippen LogP contribution in [0.1, 0.15) is 38.5 Å². The van der Waals surface area contributed by atoms with Gasteiger partial charge in [-0.25, -0.2) is 0 Å². The Balaban J connectivity index is 3.08. The summed E-state index contributed by atoms with van der Waals surface area (Å²) in [5.74, 6) is -0.223. The van der Waals surface area contributed by atoms with E-state index in [1.54, 1.807) is 0 Å². The Hall–Kier alpha value is -0.740. The Morgan fingerprint density at radius 3 is 1.72 bits per heavy atom. The second-order valence-electron chi connectivity index (χ2n) is 5.46. The maximum atomic E-state index is 10.9. The summed E-state index contributed by atoms with van der Waals surface area (Å²) in [7, 11) is -1.94. The Kier molecular flexibility index (Phi) is 16.2. The van der Waals surface area contributed by atoms with Gasteiger partial charge in [-0.05, 0) is 19.3 Å². The average Bonchev–Trinajstić information content (AvgIpc) is 2.56. The monoisotopic (exact) mass is 384 g/mol. The number of hydrogen-bond acceptors (Lipinski definition) is 8. The minimum Gasteiger partial charge on any atom is -0.469 e. The number of esters is 1. The first-order valence-electron chi connectivity index (χ1n) is 8.60. The third-order valence-corrected chi connectivity index (χ3v) is 3.72. The maximum absolute atomic E-state index is 10.9. The minimum absolute atomic E-state index is 0.223. The van der Waals surface area contributed by atoms with Gasteiger partial charge < -0.3 is 18.9 Å². The van der Waals surface area contributed by atoms with Crippen molar-refractivity contribution < 1.29 is 36.3 Å². The first-order valence-corrected chi connectivity index (χ1v) is 10.4. The number of ether oxygens (including phenoxy) is 4. The quantitative estimate of drug-likeness (QED) is 0.199. The van der Waals surface area contributed by atoms with E-state index in [0.717, 1.165) is 31.9 Å². The largest absolute Gasteiger partial charge is 0.469 e. The molecule has 0 fully saturated rings. The van der Waals surface area contributed by atoms with Crippen LogP contribution in [0.25, 0.3) is 0 Å². The second kappa shape index (κ2) is 16.7. The van der Waals surface area contributed by atoms with E-state index >= 15 is 0 Å². The summed E-state index contributed by atoms with van der Waals surface area (Å²) in [6.45, 7) is 3.49. The highest BCUT2D eigenvalue weighted by Gasteiger charge is 2.00. The topological polar surface area (TPSA) is 97.4 Å². The molecule has 0 atom stereocenters. The van der Waals surface area contributed by atoms with E-state index < -0.39 is 10.1 Å². The molecular formula is C16H32O8S. The molecule has 150 valence electrons. The van der Waals surface area contributed by atoms with Crippen LogP contribution in [0.5, 0.6) is 0 Å². The SMILES string of the molecule is COC(=O)CCCOCCOCCOCCCCCCOS(C)(=O)=O. The van der Waals surface area contributed by atoms with E-state index in [1.807, 2.05) is 0 Å². The fraction of sp³-hybridized carbons (Fsp3) is 0.938. The molecule has 0 radical (unpaired) electrons. The molecule has 0 N–H and O–H groups in total. The van der Waals surface area contributed by atoms with Crippen molar-refractivity contribution >= 4 is 16.1 Å². The van der Waals surface area contributed by atoms with E-state index in [-0.39, 0.29) is 12.6 Å². The molecule has 0 rings (SSSR count). The zero-order valence-corrected chi connectivity index (χ0v) is 16.2. The van der Waals surface area contributed by atoms with E-state index in [1.165, 1.54) is 7.11 Å². The second-order valence-corrected chi connectivity index (χ2v) is 7.10. The molecule has 0 unspecified atom stereocenters. The van der Waals surface area contributed by atoms with Crippen LogP contribution >= 0.6 is 0 Å². The zero-order valence-electron chi connectivity index (χ0n) is 15.4. The molecule has 0 spiro atoms. The van der Waals surface area contributed by atoms with Crippen LogP contribution in [0.15, 0.2) is 0 Å². The Morgan fingerprint density at radius 2 is 1.20 bits per heavy atom. The lowest BCUT2D eigenvalue weighted by atomic mass is 10.2. The standard InChI is InChI=1S/C16H32O8S/c1-20-16(17)8-7-10-22-13-15-23-14-12-21-9-5-3-4-6-11-24-25(2,18)19/h3-15H2,1-2H3. The molecule has 0 aliphatic rings. The van der Waals surface area contributed by atoms with Gasteiger partial charge in [-0.2, -0.15) is 8.42 Å². The molecule has 0 saturated heterocycles. The summed E-state index contributed by atoms with van der Waals surface area (Å²) in [5, 5.41) is 0. The van der Waals surface area contributed by atoms with E-state index in [9.17, 15) is 13.2 Å². The third-order valence-electron chi connectivity index (χ3n) is 3.12.